The van der Waals surface area contributed by atoms with E-state index in [0.29, 0.717) is 0 Å². The van der Waals surface area contributed by atoms with Crippen molar-refractivity contribution >= 4 is 0 Å². The molecular formula is C13H10N2. The van der Waals surface area contributed by atoms with Crippen molar-refractivity contribution in [3.05, 3.63) is 59.7 Å². The largest absolute Gasteiger partial charge is 0.209 e. The Balaban J connectivity index is 2.35. The normalized spacial score (nSPS) is 13.3. The molecule has 0 spiro atoms. The first-order valence-electron chi connectivity index (χ1n) is 4.96. The lowest BCUT2D eigenvalue weighted by Crippen LogP contribution is -1.89. The van der Waals surface area contributed by atoms with Crippen LogP contribution >= 0.6 is 0 Å². The maximum absolute atomic E-state index is 7.29. The molecule has 0 fully saturated rings. The van der Waals surface area contributed by atoms with Crippen LogP contribution in [0, 0.1) is 5.53 Å². The van der Waals surface area contributed by atoms with Crippen molar-refractivity contribution in [2.75, 3.05) is 0 Å². The number of benzene rings is 2. The summed E-state index contributed by atoms with van der Waals surface area (Å²) in [6, 6.07) is 16.3. The molecule has 0 amide bonds. The van der Waals surface area contributed by atoms with Gasteiger partial charge >= 0.3 is 0 Å². The van der Waals surface area contributed by atoms with Gasteiger partial charge in [-0.3, -0.25) is 0 Å². The Hall–Kier alpha value is -1.96. The molecule has 0 unspecified atom stereocenters. The molecule has 2 aromatic carbocycles. The fourth-order valence-corrected chi connectivity index (χ4v) is 2.27. The molecular weight excluding hydrogens is 184 g/mol. The van der Waals surface area contributed by atoms with E-state index in [4.69, 9.17) is 5.53 Å². The van der Waals surface area contributed by atoms with Crippen LogP contribution in [-0.2, 0) is 0 Å². The first-order valence-corrected chi connectivity index (χ1v) is 4.96. The molecule has 72 valence electrons. The summed E-state index contributed by atoms with van der Waals surface area (Å²) in [7, 11) is 0. The smallest absolute Gasteiger partial charge is 0.122 e. The fourth-order valence-electron chi connectivity index (χ4n) is 2.27. The van der Waals surface area contributed by atoms with Crippen LogP contribution in [0.3, 0.4) is 0 Å². The van der Waals surface area contributed by atoms with Crippen LogP contribution in [0.4, 0.5) is 0 Å². The molecule has 15 heavy (non-hydrogen) atoms. The summed E-state index contributed by atoms with van der Waals surface area (Å²) in [5.41, 5.74) is 12.0. The summed E-state index contributed by atoms with van der Waals surface area (Å²) in [4.78, 5) is 0. The predicted octanol–water partition coefficient (Wildman–Crippen LogP) is 3.79. The third-order valence-corrected chi connectivity index (χ3v) is 2.93. The zero-order valence-corrected chi connectivity index (χ0v) is 8.14. The summed E-state index contributed by atoms with van der Waals surface area (Å²) < 4.78 is 0. The van der Waals surface area contributed by atoms with Gasteiger partial charge < -0.3 is 0 Å². The number of nitrogens with zero attached hydrogens (tertiary/aromatic N) is 1. The van der Waals surface area contributed by atoms with Gasteiger partial charge in [0, 0.05) is 0 Å². The van der Waals surface area contributed by atoms with E-state index in [1.54, 1.807) is 0 Å². The topological polar surface area (TPSA) is 36.2 Å². The van der Waals surface area contributed by atoms with Crippen molar-refractivity contribution in [2.24, 2.45) is 5.11 Å². The van der Waals surface area contributed by atoms with E-state index in [1.807, 2.05) is 24.3 Å². The average molecular weight is 194 g/mol. The van der Waals surface area contributed by atoms with E-state index in [1.165, 1.54) is 11.1 Å². The lowest BCUT2D eigenvalue weighted by atomic mass is 10.1. The highest BCUT2D eigenvalue weighted by Gasteiger charge is 2.27. The maximum atomic E-state index is 7.29. The first kappa shape index (κ1) is 8.36. The summed E-state index contributed by atoms with van der Waals surface area (Å²) in [6.07, 6.45) is 0. The van der Waals surface area contributed by atoms with Gasteiger partial charge in [-0.1, -0.05) is 48.5 Å². The molecule has 0 saturated heterocycles. The molecule has 0 aliphatic heterocycles. The molecule has 2 aromatic rings. The lowest BCUT2D eigenvalue weighted by molar-refractivity contribution is 0.794. The van der Waals surface area contributed by atoms with Crippen molar-refractivity contribution in [3.8, 4) is 11.1 Å². The van der Waals surface area contributed by atoms with Crippen molar-refractivity contribution in [3.63, 3.8) is 0 Å². The van der Waals surface area contributed by atoms with Crippen LogP contribution in [0.15, 0.2) is 53.6 Å². The van der Waals surface area contributed by atoms with Gasteiger partial charge in [0.2, 0.25) is 0 Å². The van der Waals surface area contributed by atoms with Crippen LogP contribution in [0.1, 0.15) is 17.2 Å². The Bertz CT molecular complexity index is 486. The van der Waals surface area contributed by atoms with Crippen LogP contribution in [0.25, 0.3) is 11.1 Å². The third kappa shape index (κ3) is 1.05. The Morgan fingerprint density at radius 2 is 1.27 bits per heavy atom. The number of nitrogens with one attached hydrogen (secondary N) is 1. The van der Waals surface area contributed by atoms with E-state index in [9.17, 15) is 0 Å². The molecule has 1 aliphatic rings. The van der Waals surface area contributed by atoms with Gasteiger partial charge in [0.1, 0.15) is 6.04 Å². The highest BCUT2D eigenvalue weighted by atomic mass is 15.0. The minimum Gasteiger partial charge on any atom is -0.209 e. The molecule has 2 nitrogen and oxygen atoms in total. The molecule has 0 aromatic heterocycles. The Kier molecular flexibility index (Phi) is 1.68. The molecule has 0 bridgehead atoms. The zero-order valence-electron chi connectivity index (χ0n) is 8.14. The Labute approximate surface area is 88.1 Å². The molecule has 0 heterocycles. The highest BCUT2D eigenvalue weighted by Crippen LogP contribution is 2.44. The van der Waals surface area contributed by atoms with Crippen molar-refractivity contribution in [1.29, 1.82) is 5.53 Å². The van der Waals surface area contributed by atoms with Gasteiger partial charge in [0.25, 0.3) is 0 Å². The highest BCUT2D eigenvalue weighted by molar-refractivity contribution is 5.78. The lowest BCUT2D eigenvalue weighted by Gasteiger charge is -2.04. The molecule has 1 N–H and O–H groups in total. The van der Waals surface area contributed by atoms with Crippen LogP contribution < -0.4 is 0 Å². The van der Waals surface area contributed by atoms with Crippen LogP contribution in [-0.4, -0.2) is 0 Å². The summed E-state index contributed by atoms with van der Waals surface area (Å²) in [5, 5.41) is 3.72. The minimum absolute atomic E-state index is 0.0996. The van der Waals surface area contributed by atoms with Gasteiger partial charge in [-0.05, 0) is 22.3 Å². The first-order chi connectivity index (χ1) is 7.42. The molecule has 3 rings (SSSR count). The standard InChI is InChI=1S/C13H10N2/c14-15-13-11-7-3-1-5-9(11)10-6-2-4-8-12(10)13/h1-8,13-14H. The molecule has 1 aliphatic carbocycles. The van der Waals surface area contributed by atoms with Crippen molar-refractivity contribution in [2.45, 2.75) is 6.04 Å². The van der Waals surface area contributed by atoms with E-state index in [2.05, 4.69) is 29.4 Å². The molecule has 0 saturated carbocycles. The van der Waals surface area contributed by atoms with E-state index < -0.39 is 0 Å². The van der Waals surface area contributed by atoms with E-state index in [0.717, 1.165) is 11.1 Å². The Morgan fingerprint density at radius 3 is 1.73 bits per heavy atom. The quantitative estimate of drug-likeness (QED) is 0.670. The summed E-state index contributed by atoms with van der Waals surface area (Å²) in [5.74, 6) is 0. The summed E-state index contributed by atoms with van der Waals surface area (Å²) >= 11 is 0. The van der Waals surface area contributed by atoms with Gasteiger partial charge in [-0.2, -0.15) is 5.11 Å². The van der Waals surface area contributed by atoms with Gasteiger partial charge in [0.05, 0.1) is 0 Å². The second-order valence-electron chi connectivity index (χ2n) is 3.71. The van der Waals surface area contributed by atoms with Gasteiger partial charge in [-0.25, -0.2) is 5.53 Å². The number of fused-ring (bicyclic) bond motifs is 3. The number of hydrogen-bond acceptors (Lipinski definition) is 2. The number of rotatable bonds is 1. The second kappa shape index (κ2) is 3.02. The second-order valence-corrected chi connectivity index (χ2v) is 3.71. The predicted molar refractivity (Wildman–Crippen MR) is 58.9 cm³/mol. The average Bonchev–Trinajstić information content (AvgIpc) is 2.63. The van der Waals surface area contributed by atoms with Crippen molar-refractivity contribution in [1.82, 2.24) is 0 Å². The van der Waals surface area contributed by atoms with Gasteiger partial charge in [-0.15, -0.1) is 0 Å². The SMILES string of the molecule is N=NC1c2ccccc2-c2ccccc21. The number of hydrogen-bond donors (Lipinski definition) is 1. The van der Waals surface area contributed by atoms with Crippen LogP contribution in [0.2, 0.25) is 0 Å². The molecule has 0 radical (unpaired) electrons. The van der Waals surface area contributed by atoms with Crippen LogP contribution in [0.5, 0.6) is 0 Å². The third-order valence-electron chi connectivity index (χ3n) is 2.93. The monoisotopic (exact) mass is 194 g/mol. The van der Waals surface area contributed by atoms with E-state index >= 15 is 0 Å². The zero-order chi connectivity index (χ0) is 10.3. The molecule has 0 atom stereocenters. The maximum Gasteiger partial charge on any atom is 0.122 e. The summed E-state index contributed by atoms with van der Waals surface area (Å²) in [6.45, 7) is 0. The van der Waals surface area contributed by atoms with Gasteiger partial charge in [0.15, 0.2) is 0 Å². The fraction of sp³-hybridized carbons (Fsp3) is 0.0769. The van der Waals surface area contributed by atoms with Crippen molar-refractivity contribution < 1.29 is 0 Å². The van der Waals surface area contributed by atoms with E-state index in [-0.39, 0.29) is 6.04 Å². The molecule has 2 heteroatoms. The minimum atomic E-state index is -0.0996. The Morgan fingerprint density at radius 1 is 0.800 bits per heavy atom.